The average molecular weight is 406 g/mol. The van der Waals surface area contributed by atoms with Crippen LogP contribution in [0.4, 0.5) is 11.5 Å². The number of aromatic hydroxyl groups is 1. The van der Waals surface area contributed by atoms with Crippen molar-refractivity contribution >= 4 is 28.4 Å². The van der Waals surface area contributed by atoms with E-state index in [9.17, 15) is 9.90 Å². The molecule has 0 fully saturated rings. The van der Waals surface area contributed by atoms with E-state index in [0.717, 1.165) is 25.7 Å². The number of rotatable bonds is 9. The number of pyridine rings is 2. The monoisotopic (exact) mass is 406 g/mol. The van der Waals surface area contributed by atoms with Gasteiger partial charge in [-0.1, -0.05) is 39.2 Å². The van der Waals surface area contributed by atoms with E-state index in [-0.39, 0.29) is 5.75 Å². The van der Waals surface area contributed by atoms with Gasteiger partial charge in [0, 0.05) is 17.8 Å². The van der Waals surface area contributed by atoms with Crippen molar-refractivity contribution < 1.29 is 14.6 Å². The van der Waals surface area contributed by atoms with E-state index in [0.29, 0.717) is 40.5 Å². The van der Waals surface area contributed by atoms with Crippen molar-refractivity contribution in [1.29, 1.82) is 0 Å². The first-order valence-electron chi connectivity index (χ1n) is 10.2. The quantitative estimate of drug-likeness (QED) is 0.341. The molecule has 1 atom stereocenters. The first-order chi connectivity index (χ1) is 14.6. The van der Waals surface area contributed by atoms with E-state index in [1.807, 2.05) is 6.07 Å². The molecule has 0 spiro atoms. The Hall–Kier alpha value is -3.35. The number of unbranched alkanes of at least 4 members (excludes halogenated alkanes) is 1. The molecule has 0 aliphatic rings. The van der Waals surface area contributed by atoms with Crippen LogP contribution in [0.25, 0.3) is 10.9 Å². The minimum atomic E-state index is -0.445. The van der Waals surface area contributed by atoms with Gasteiger partial charge in [-0.15, -0.1) is 10.2 Å². The number of nitrogens with zero attached hydrogens (tertiary/aromatic N) is 4. The zero-order valence-corrected chi connectivity index (χ0v) is 17.3. The summed E-state index contributed by atoms with van der Waals surface area (Å²) in [5, 5.41) is 19.0. The third kappa shape index (κ3) is 5.37. The number of fused-ring (bicyclic) bond motifs is 1. The fraction of sp³-hybridized carbons (Fsp3) is 0.348. The molecule has 1 unspecified atom stereocenters. The molecule has 3 rings (SSSR count). The molecule has 0 amide bonds. The number of azo groups is 1. The summed E-state index contributed by atoms with van der Waals surface area (Å²) in [4.78, 5) is 20.9. The predicted molar refractivity (Wildman–Crippen MR) is 115 cm³/mol. The first-order valence-corrected chi connectivity index (χ1v) is 10.2. The van der Waals surface area contributed by atoms with Gasteiger partial charge in [-0.05, 0) is 42.7 Å². The van der Waals surface area contributed by atoms with Crippen LogP contribution in [0.1, 0.15) is 49.9 Å². The SMILES string of the molecule is CCCCC(CC)COC(=O)c1cnc2c(N=Nc3ccccn3)ccc(O)c2c1. The molecule has 0 radical (unpaired) electrons. The van der Waals surface area contributed by atoms with Crippen LogP contribution < -0.4 is 0 Å². The van der Waals surface area contributed by atoms with Crippen molar-refractivity contribution in [3.05, 3.63) is 54.4 Å². The number of ether oxygens (including phenoxy) is 1. The number of phenols is 1. The molecule has 0 saturated heterocycles. The number of esters is 1. The van der Waals surface area contributed by atoms with Crippen molar-refractivity contribution in [2.75, 3.05) is 6.61 Å². The number of hydrogen-bond donors (Lipinski definition) is 1. The lowest BCUT2D eigenvalue weighted by atomic mass is 10.0. The van der Waals surface area contributed by atoms with E-state index >= 15 is 0 Å². The summed E-state index contributed by atoms with van der Waals surface area (Å²) in [6.07, 6.45) is 7.33. The summed E-state index contributed by atoms with van der Waals surface area (Å²) in [6, 6.07) is 10.0. The van der Waals surface area contributed by atoms with Gasteiger partial charge < -0.3 is 9.84 Å². The van der Waals surface area contributed by atoms with Crippen LogP contribution in [0.15, 0.2) is 59.0 Å². The molecular weight excluding hydrogens is 380 g/mol. The van der Waals surface area contributed by atoms with Gasteiger partial charge in [-0.3, -0.25) is 4.98 Å². The maximum absolute atomic E-state index is 12.5. The second kappa shape index (κ2) is 10.4. The number of carbonyl (C=O) groups excluding carboxylic acids is 1. The number of hydrogen-bond acceptors (Lipinski definition) is 7. The minimum absolute atomic E-state index is 0.0123. The Morgan fingerprint density at radius 1 is 1.17 bits per heavy atom. The highest BCUT2D eigenvalue weighted by molar-refractivity contribution is 5.99. The molecule has 0 aliphatic heterocycles. The molecule has 30 heavy (non-hydrogen) atoms. The fourth-order valence-electron chi connectivity index (χ4n) is 3.08. The first kappa shape index (κ1) is 21.4. The van der Waals surface area contributed by atoms with Gasteiger partial charge >= 0.3 is 5.97 Å². The van der Waals surface area contributed by atoms with Crippen molar-refractivity contribution in [3.8, 4) is 5.75 Å². The zero-order chi connectivity index (χ0) is 21.3. The van der Waals surface area contributed by atoms with Gasteiger partial charge in [-0.25, -0.2) is 9.78 Å². The third-order valence-electron chi connectivity index (χ3n) is 4.94. The molecule has 156 valence electrons. The number of carbonyl (C=O) groups is 1. The summed E-state index contributed by atoms with van der Waals surface area (Å²) in [6.45, 7) is 4.64. The summed E-state index contributed by atoms with van der Waals surface area (Å²) in [5.41, 5.74) is 1.21. The number of benzene rings is 1. The van der Waals surface area contributed by atoms with Crippen LogP contribution >= 0.6 is 0 Å². The molecular formula is C23H26N4O3. The molecule has 0 saturated carbocycles. The van der Waals surface area contributed by atoms with Crippen molar-refractivity contribution in [1.82, 2.24) is 9.97 Å². The Morgan fingerprint density at radius 3 is 2.77 bits per heavy atom. The van der Waals surface area contributed by atoms with Crippen LogP contribution in [-0.2, 0) is 4.74 Å². The summed E-state index contributed by atoms with van der Waals surface area (Å²) in [5.74, 6) is 0.388. The average Bonchev–Trinajstić information content (AvgIpc) is 2.79. The van der Waals surface area contributed by atoms with Crippen LogP contribution in [0.3, 0.4) is 0 Å². The normalized spacial score (nSPS) is 12.3. The Bertz CT molecular complexity index is 1020. The van der Waals surface area contributed by atoms with E-state index in [4.69, 9.17) is 4.74 Å². The molecule has 1 N–H and O–H groups in total. The number of phenolic OH excluding ortho intramolecular Hbond substituents is 1. The molecule has 1 aromatic carbocycles. The highest BCUT2D eigenvalue weighted by Gasteiger charge is 2.15. The number of aromatic nitrogens is 2. The van der Waals surface area contributed by atoms with Crippen molar-refractivity contribution in [3.63, 3.8) is 0 Å². The third-order valence-corrected chi connectivity index (χ3v) is 4.94. The largest absolute Gasteiger partial charge is 0.507 e. The fourth-order valence-corrected chi connectivity index (χ4v) is 3.08. The summed E-state index contributed by atoms with van der Waals surface area (Å²) >= 11 is 0. The molecule has 7 nitrogen and oxygen atoms in total. The predicted octanol–water partition coefficient (Wildman–Crippen LogP) is 6.12. The standard InChI is InChI=1S/C23H26N4O3/c1-3-5-8-16(4-2)15-30-23(29)17-13-18-20(28)11-10-19(22(18)25-14-17)26-27-21-9-6-7-12-24-21/h6-7,9-14,16,28H,3-5,8,15H2,1-2H3. The lowest BCUT2D eigenvalue weighted by Gasteiger charge is -2.14. The Morgan fingerprint density at radius 2 is 2.03 bits per heavy atom. The summed E-state index contributed by atoms with van der Waals surface area (Å²) < 4.78 is 5.49. The van der Waals surface area contributed by atoms with Gasteiger partial charge in [-0.2, -0.15) is 0 Å². The van der Waals surface area contributed by atoms with Gasteiger partial charge in [0.15, 0.2) is 5.82 Å². The van der Waals surface area contributed by atoms with Gasteiger partial charge in [0.2, 0.25) is 0 Å². The topological polar surface area (TPSA) is 97.0 Å². The molecule has 2 aromatic heterocycles. The van der Waals surface area contributed by atoms with Gasteiger partial charge in [0.25, 0.3) is 0 Å². The molecule has 2 heterocycles. The molecule has 7 heteroatoms. The highest BCUT2D eigenvalue weighted by atomic mass is 16.5. The maximum Gasteiger partial charge on any atom is 0.339 e. The van der Waals surface area contributed by atoms with Crippen LogP contribution in [0.2, 0.25) is 0 Å². The molecule has 0 aliphatic carbocycles. The van der Waals surface area contributed by atoms with Crippen molar-refractivity contribution in [2.45, 2.75) is 39.5 Å². The van der Waals surface area contributed by atoms with Gasteiger partial charge in [0.05, 0.1) is 12.2 Å². The Kier molecular flexibility index (Phi) is 7.43. The van der Waals surface area contributed by atoms with Crippen LogP contribution in [0, 0.1) is 5.92 Å². The Balaban J connectivity index is 1.79. The van der Waals surface area contributed by atoms with E-state index < -0.39 is 5.97 Å². The lowest BCUT2D eigenvalue weighted by Crippen LogP contribution is -2.14. The van der Waals surface area contributed by atoms with Crippen LogP contribution in [0.5, 0.6) is 5.75 Å². The second-order valence-corrected chi connectivity index (χ2v) is 7.13. The Labute approximate surface area is 175 Å². The minimum Gasteiger partial charge on any atom is -0.507 e. The molecule has 0 bridgehead atoms. The summed E-state index contributed by atoms with van der Waals surface area (Å²) in [7, 11) is 0. The zero-order valence-electron chi connectivity index (χ0n) is 17.3. The highest BCUT2D eigenvalue weighted by Crippen LogP contribution is 2.32. The second-order valence-electron chi connectivity index (χ2n) is 7.13. The maximum atomic E-state index is 12.5. The van der Waals surface area contributed by atoms with E-state index in [2.05, 4.69) is 34.0 Å². The van der Waals surface area contributed by atoms with Gasteiger partial charge in [0.1, 0.15) is 17.0 Å². The smallest absolute Gasteiger partial charge is 0.339 e. The lowest BCUT2D eigenvalue weighted by molar-refractivity contribution is 0.0428. The van der Waals surface area contributed by atoms with E-state index in [1.54, 1.807) is 30.5 Å². The van der Waals surface area contributed by atoms with Crippen LogP contribution in [-0.4, -0.2) is 27.7 Å². The molecule has 3 aromatic rings. The van der Waals surface area contributed by atoms with Crippen molar-refractivity contribution in [2.24, 2.45) is 16.1 Å². The van der Waals surface area contributed by atoms with E-state index in [1.165, 1.54) is 12.3 Å².